The number of nitrogens with two attached hydrogens (primary N) is 1. The molecular weight excluding hydrogens is 252 g/mol. The van der Waals surface area contributed by atoms with E-state index >= 15 is 0 Å². The summed E-state index contributed by atoms with van der Waals surface area (Å²) in [6.07, 6.45) is -0.572. The highest BCUT2D eigenvalue weighted by Gasteiger charge is 2.09. The van der Waals surface area contributed by atoms with Gasteiger partial charge < -0.3 is 16.2 Å². The Morgan fingerprint density at radius 3 is 2.45 bits per heavy atom. The van der Waals surface area contributed by atoms with Crippen molar-refractivity contribution in [3.63, 3.8) is 0 Å². The first kappa shape index (κ1) is 14.2. The summed E-state index contributed by atoms with van der Waals surface area (Å²) in [6, 6.07) is 16.6. The zero-order valence-electron chi connectivity index (χ0n) is 11.1. The Morgan fingerprint density at radius 2 is 1.75 bits per heavy atom. The van der Waals surface area contributed by atoms with Gasteiger partial charge in [-0.3, -0.25) is 4.79 Å². The molecule has 1 unspecified atom stereocenters. The van der Waals surface area contributed by atoms with E-state index in [2.05, 4.69) is 5.32 Å². The van der Waals surface area contributed by atoms with Gasteiger partial charge in [0.15, 0.2) is 0 Å². The van der Waals surface area contributed by atoms with Gasteiger partial charge in [0, 0.05) is 18.7 Å². The van der Waals surface area contributed by atoms with Gasteiger partial charge in [-0.25, -0.2) is 0 Å². The number of aliphatic hydroxyl groups is 1. The normalized spacial score (nSPS) is 12.1. The Hall–Kier alpha value is -2.17. The Kier molecular flexibility index (Phi) is 4.87. The number of primary amides is 1. The van der Waals surface area contributed by atoms with E-state index in [9.17, 15) is 9.90 Å². The molecule has 4 nitrogen and oxygen atoms in total. The van der Waals surface area contributed by atoms with Crippen LogP contribution in [0.3, 0.4) is 0 Å². The fourth-order valence-electron chi connectivity index (χ4n) is 2.05. The van der Waals surface area contributed by atoms with Crippen LogP contribution in [0.15, 0.2) is 54.6 Å². The van der Waals surface area contributed by atoms with Crippen LogP contribution in [0.25, 0.3) is 0 Å². The predicted octanol–water partition coefficient (Wildman–Crippen LogP) is 1.61. The average Bonchev–Trinajstić information content (AvgIpc) is 2.48. The summed E-state index contributed by atoms with van der Waals surface area (Å²) in [5.74, 6) is -0.439. The van der Waals surface area contributed by atoms with Gasteiger partial charge in [-0.1, -0.05) is 48.5 Å². The quantitative estimate of drug-likeness (QED) is 0.746. The van der Waals surface area contributed by atoms with Crippen LogP contribution < -0.4 is 11.1 Å². The molecule has 0 fully saturated rings. The summed E-state index contributed by atoms with van der Waals surface area (Å²) in [5.41, 5.74) is 7.53. The van der Waals surface area contributed by atoms with Gasteiger partial charge in [0.25, 0.3) is 0 Å². The van der Waals surface area contributed by atoms with Gasteiger partial charge in [-0.15, -0.1) is 0 Å². The first-order valence-corrected chi connectivity index (χ1v) is 6.50. The maximum atomic E-state index is 11.3. The second-order valence-electron chi connectivity index (χ2n) is 4.58. The van der Waals surface area contributed by atoms with Crippen molar-refractivity contribution in [2.75, 3.05) is 6.54 Å². The molecule has 2 aromatic carbocycles. The molecule has 4 N–H and O–H groups in total. The van der Waals surface area contributed by atoms with Gasteiger partial charge >= 0.3 is 0 Å². The molecule has 2 aromatic rings. The van der Waals surface area contributed by atoms with E-state index in [1.54, 1.807) is 12.1 Å². The SMILES string of the molecule is NC(=O)c1ccccc1CNCC(O)c1ccccc1. The second-order valence-corrected chi connectivity index (χ2v) is 4.58. The molecule has 0 radical (unpaired) electrons. The monoisotopic (exact) mass is 270 g/mol. The number of benzene rings is 2. The number of carbonyl (C=O) groups excluding carboxylic acids is 1. The molecule has 0 aromatic heterocycles. The van der Waals surface area contributed by atoms with Gasteiger partial charge in [-0.2, -0.15) is 0 Å². The lowest BCUT2D eigenvalue weighted by Gasteiger charge is -2.13. The van der Waals surface area contributed by atoms with Crippen LogP contribution in [0.5, 0.6) is 0 Å². The Balaban J connectivity index is 1.92. The lowest BCUT2D eigenvalue weighted by molar-refractivity contribution is 0.0999. The van der Waals surface area contributed by atoms with Crippen LogP contribution in [0.1, 0.15) is 27.6 Å². The maximum Gasteiger partial charge on any atom is 0.249 e. The number of rotatable bonds is 6. The first-order valence-electron chi connectivity index (χ1n) is 6.50. The third-order valence-electron chi connectivity index (χ3n) is 3.12. The van der Waals surface area contributed by atoms with Crippen molar-refractivity contribution in [1.82, 2.24) is 5.32 Å². The van der Waals surface area contributed by atoms with Crippen LogP contribution in [-0.2, 0) is 6.54 Å². The molecule has 0 aliphatic rings. The Bertz CT molecular complexity index is 570. The summed E-state index contributed by atoms with van der Waals surface area (Å²) in [4.78, 5) is 11.3. The molecule has 1 atom stereocenters. The second kappa shape index (κ2) is 6.84. The van der Waals surface area contributed by atoms with Gasteiger partial charge in [0.05, 0.1) is 6.10 Å². The van der Waals surface area contributed by atoms with Crippen LogP contribution in [0.2, 0.25) is 0 Å². The third-order valence-corrected chi connectivity index (χ3v) is 3.12. The molecule has 4 heteroatoms. The first-order chi connectivity index (χ1) is 9.68. The number of aliphatic hydroxyl groups excluding tert-OH is 1. The van der Waals surface area contributed by atoms with E-state index in [1.165, 1.54) is 0 Å². The molecule has 0 bridgehead atoms. The predicted molar refractivity (Wildman–Crippen MR) is 78.1 cm³/mol. The maximum absolute atomic E-state index is 11.3. The van der Waals surface area contributed by atoms with Crippen LogP contribution in [0, 0.1) is 0 Å². The lowest BCUT2D eigenvalue weighted by atomic mass is 10.1. The fraction of sp³-hybridized carbons (Fsp3) is 0.188. The minimum absolute atomic E-state index is 0.414. The minimum atomic E-state index is -0.572. The van der Waals surface area contributed by atoms with E-state index in [4.69, 9.17) is 5.73 Å². The van der Waals surface area contributed by atoms with Gasteiger partial charge in [0.2, 0.25) is 5.91 Å². The minimum Gasteiger partial charge on any atom is -0.387 e. The van der Waals surface area contributed by atoms with Crippen LogP contribution in [0.4, 0.5) is 0 Å². The molecule has 104 valence electrons. The van der Waals surface area contributed by atoms with E-state index in [-0.39, 0.29) is 0 Å². The van der Waals surface area contributed by atoms with Crippen molar-refractivity contribution in [2.45, 2.75) is 12.6 Å². The molecule has 0 aliphatic carbocycles. The van der Waals surface area contributed by atoms with E-state index in [0.29, 0.717) is 18.7 Å². The lowest BCUT2D eigenvalue weighted by Crippen LogP contribution is -2.23. The molecular formula is C16H18N2O2. The summed E-state index contributed by atoms with van der Waals surface area (Å²) < 4.78 is 0. The summed E-state index contributed by atoms with van der Waals surface area (Å²) in [6.45, 7) is 0.903. The highest BCUT2D eigenvalue weighted by molar-refractivity contribution is 5.94. The molecule has 20 heavy (non-hydrogen) atoms. The summed E-state index contributed by atoms with van der Waals surface area (Å²) >= 11 is 0. The fourth-order valence-corrected chi connectivity index (χ4v) is 2.05. The Labute approximate surface area is 118 Å². The zero-order chi connectivity index (χ0) is 14.4. The number of hydrogen-bond donors (Lipinski definition) is 3. The van der Waals surface area contributed by atoms with Gasteiger partial charge in [-0.05, 0) is 17.2 Å². The van der Waals surface area contributed by atoms with E-state index in [0.717, 1.165) is 11.1 Å². The molecule has 1 amide bonds. The summed E-state index contributed by atoms with van der Waals surface area (Å²) in [7, 11) is 0. The van der Waals surface area contributed by atoms with Crippen molar-refractivity contribution in [3.8, 4) is 0 Å². The topological polar surface area (TPSA) is 75.4 Å². The van der Waals surface area contributed by atoms with Gasteiger partial charge in [0.1, 0.15) is 0 Å². The highest BCUT2D eigenvalue weighted by atomic mass is 16.3. The largest absolute Gasteiger partial charge is 0.387 e. The number of nitrogens with one attached hydrogen (secondary N) is 1. The van der Waals surface area contributed by atoms with Crippen molar-refractivity contribution >= 4 is 5.91 Å². The van der Waals surface area contributed by atoms with E-state index < -0.39 is 12.0 Å². The van der Waals surface area contributed by atoms with Crippen molar-refractivity contribution in [3.05, 3.63) is 71.3 Å². The van der Waals surface area contributed by atoms with Crippen molar-refractivity contribution in [2.24, 2.45) is 5.73 Å². The molecule has 2 rings (SSSR count). The standard InChI is InChI=1S/C16H18N2O2/c17-16(20)14-9-5-4-8-13(14)10-18-11-15(19)12-6-2-1-3-7-12/h1-9,15,18-19H,10-11H2,(H2,17,20). The highest BCUT2D eigenvalue weighted by Crippen LogP contribution is 2.12. The molecule has 0 spiro atoms. The smallest absolute Gasteiger partial charge is 0.249 e. The molecule has 0 saturated carbocycles. The number of carbonyl (C=O) groups is 1. The van der Waals surface area contributed by atoms with Crippen molar-refractivity contribution < 1.29 is 9.90 Å². The third kappa shape index (κ3) is 3.66. The average molecular weight is 270 g/mol. The number of amides is 1. The zero-order valence-corrected chi connectivity index (χ0v) is 11.1. The Morgan fingerprint density at radius 1 is 1.10 bits per heavy atom. The van der Waals surface area contributed by atoms with Crippen LogP contribution >= 0.6 is 0 Å². The molecule has 0 heterocycles. The molecule has 0 saturated heterocycles. The van der Waals surface area contributed by atoms with E-state index in [1.807, 2.05) is 42.5 Å². The summed E-state index contributed by atoms with van der Waals surface area (Å²) in [5, 5.41) is 13.2. The number of hydrogen-bond acceptors (Lipinski definition) is 3. The van der Waals surface area contributed by atoms with Crippen molar-refractivity contribution in [1.29, 1.82) is 0 Å². The van der Waals surface area contributed by atoms with Crippen LogP contribution in [-0.4, -0.2) is 17.6 Å². The molecule has 0 aliphatic heterocycles.